The van der Waals surface area contributed by atoms with Gasteiger partial charge in [0.2, 0.25) is 6.29 Å². The molecule has 0 aliphatic carbocycles. The Bertz CT molecular complexity index is 1080. The largest absolute Gasteiger partial charge is 0.504 e. The summed E-state index contributed by atoms with van der Waals surface area (Å²) in [4.78, 5) is 24.1. The van der Waals surface area contributed by atoms with E-state index in [-0.39, 0.29) is 30.1 Å². The van der Waals surface area contributed by atoms with Crippen LogP contribution in [0.3, 0.4) is 0 Å². The molecule has 0 spiro atoms. The number of aromatic hydroxyl groups is 1. The number of hydrogen-bond acceptors (Lipinski definition) is 12. The summed E-state index contributed by atoms with van der Waals surface area (Å²) in [5.41, 5.74) is 0.443. The predicted molar refractivity (Wildman–Crippen MR) is 132 cm³/mol. The van der Waals surface area contributed by atoms with E-state index in [4.69, 9.17) is 23.7 Å². The second kappa shape index (κ2) is 13.6. The van der Waals surface area contributed by atoms with E-state index in [9.17, 15) is 40.2 Å². The fourth-order valence-electron chi connectivity index (χ4n) is 4.28. The Hall–Kier alpha value is -3.46. The molecule has 13 heteroatoms. The Morgan fingerprint density at radius 1 is 1.13 bits per heavy atom. The molecular formula is C26H32O13. The normalized spacial score (nSPS) is 30.7. The molecule has 2 heterocycles. The van der Waals surface area contributed by atoms with Crippen LogP contribution in [0.2, 0.25) is 0 Å². The molecule has 0 aromatic heterocycles. The van der Waals surface area contributed by atoms with Crippen LogP contribution in [0, 0.1) is 11.8 Å². The third-order valence-electron chi connectivity index (χ3n) is 6.43. The van der Waals surface area contributed by atoms with E-state index >= 15 is 0 Å². The quantitative estimate of drug-likeness (QED) is 0.121. The van der Waals surface area contributed by atoms with Crippen LogP contribution in [0.5, 0.6) is 11.5 Å². The maximum Gasteiger partial charge on any atom is 0.334 e. The molecule has 0 amide bonds. The van der Waals surface area contributed by atoms with E-state index in [0.29, 0.717) is 5.56 Å². The first-order valence-corrected chi connectivity index (χ1v) is 12.0. The summed E-state index contributed by atoms with van der Waals surface area (Å²) in [5, 5.41) is 59.0. The van der Waals surface area contributed by atoms with Crippen LogP contribution in [0.4, 0.5) is 0 Å². The van der Waals surface area contributed by atoms with Gasteiger partial charge in [0.1, 0.15) is 24.4 Å². The van der Waals surface area contributed by atoms with E-state index in [1.807, 2.05) is 0 Å². The van der Waals surface area contributed by atoms with Gasteiger partial charge in [-0.15, -0.1) is 6.58 Å². The van der Waals surface area contributed by atoms with Gasteiger partial charge in [-0.1, -0.05) is 12.1 Å². The minimum atomic E-state index is -1.69. The summed E-state index contributed by atoms with van der Waals surface area (Å²) in [6.07, 6.45) is -3.89. The number of esters is 1. The number of carbonyl (C=O) groups is 2. The highest BCUT2D eigenvalue weighted by Gasteiger charge is 2.47. The second-order valence-electron chi connectivity index (χ2n) is 8.86. The molecule has 1 saturated heterocycles. The second-order valence-corrected chi connectivity index (χ2v) is 8.86. The monoisotopic (exact) mass is 552 g/mol. The first kappa shape index (κ1) is 30.1. The van der Waals surface area contributed by atoms with Gasteiger partial charge in [0.05, 0.1) is 32.2 Å². The van der Waals surface area contributed by atoms with Crippen LogP contribution < -0.4 is 4.74 Å². The van der Waals surface area contributed by atoms with Crippen molar-refractivity contribution in [1.82, 2.24) is 0 Å². The highest BCUT2D eigenvalue weighted by molar-refractivity contribution is 5.88. The number of carboxylic acid groups (broad SMARTS) is 1. The predicted octanol–water partition coefficient (Wildman–Crippen LogP) is -0.0930. The number of phenolic OH excluding ortho intramolecular Hbond substituents is 1. The smallest absolute Gasteiger partial charge is 0.334 e. The SMILES string of the molecule is C=C[C@@H]1[C@H](O[C@@H]2O[C@H](CO)[C@@H](O)[C@H](O)[C@@H]2O)OC=C(C(=O)O)[C@H]1CCOC(=O)/C=C/c1ccc(O)c(OC)c1. The zero-order valence-corrected chi connectivity index (χ0v) is 21.0. The molecule has 1 fully saturated rings. The van der Waals surface area contributed by atoms with Gasteiger partial charge in [-0.05, 0) is 30.2 Å². The van der Waals surface area contributed by atoms with Gasteiger partial charge >= 0.3 is 11.9 Å². The van der Waals surface area contributed by atoms with E-state index < -0.39 is 67.4 Å². The number of aliphatic hydroxyl groups is 4. The van der Waals surface area contributed by atoms with Crippen molar-refractivity contribution in [3.05, 3.63) is 54.3 Å². The molecule has 1 aromatic carbocycles. The van der Waals surface area contributed by atoms with Crippen LogP contribution in [0.15, 0.2) is 48.8 Å². The summed E-state index contributed by atoms with van der Waals surface area (Å²) in [5.74, 6) is -3.39. The topological polar surface area (TPSA) is 202 Å². The van der Waals surface area contributed by atoms with Crippen molar-refractivity contribution in [2.45, 2.75) is 43.4 Å². The van der Waals surface area contributed by atoms with Crippen LogP contribution in [0.1, 0.15) is 12.0 Å². The highest BCUT2D eigenvalue weighted by Crippen LogP contribution is 2.36. The lowest BCUT2D eigenvalue weighted by molar-refractivity contribution is -0.339. The molecule has 0 bridgehead atoms. The molecule has 13 nitrogen and oxygen atoms in total. The number of methoxy groups -OCH3 is 1. The van der Waals surface area contributed by atoms with Crippen molar-refractivity contribution in [3.63, 3.8) is 0 Å². The van der Waals surface area contributed by atoms with Gasteiger partial charge in [0.15, 0.2) is 17.8 Å². The number of hydrogen-bond donors (Lipinski definition) is 6. The summed E-state index contributed by atoms with van der Waals surface area (Å²) >= 11 is 0. The van der Waals surface area contributed by atoms with Crippen LogP contribution in [-0.2, 0) is 28.5 Å². The Labute approximate surface area is 223 Å². The Balaban J connectivity index is 1.65. The number of aliphatic carboxylic acids is 1. The molecule has 2 aliphatic rings. The molecule has 1 aromatic rings. The molecule has 0 unspecified atom stereocenters. The van der Waals surface area contributed by atoms with Crippen molar-refractivity contribution in [3.8, 4) is 11.5 Å². The average molecular weight is 553 g/mol. The number of benzene rings is 1. The van der Waals surface area contributed by atoms with Crippen molar-refractivity contribution >= 4 is 18.0 Å². The lowest BCUT2D eigenvalue weighted by Gasteiger charge is -2.43. The van der Waals surface area contributed by atoms with E-state index in [1.165, 1.54) is 37.5 Å². The molecule has 6 N–H and O–H groups in total. The zero-order chi connectivity index (χ0) is 28.7. The van der Waals surface area contributed by atoms with Crippen LogP contribution in [0.25, 0.3) is 6.08 Å². The van der Waals surface area contributed by atoms with E-state index in [0.717, 1.165) is 6.26 Å². The van der Waals surface area contributed by atoms with Crippen molar-refractivity contribution in [1.29, 1.82) is 0 Å². The summed E-state index contributed by atoms with van der Waals surface area (Å²) in [7, 11) is 1.39. The number of phenols is 1. The third kappa shape index (κ3) is 7.15. The zero-order valence-electron chi connectivity index (χ0n) is 21.0. The minimum Gasteiger partial charge on any atom is -0.504 e. The summed E-state index contributed by atoms with van der Waals surface area (Å²) in [6.45, 7) is 2.88. The van der Waals surface area contributed by atoms with E-state index in [1.54, 1.807) is 6.07 Å². The number of carboxylic acids is 1. The number of rotatable bonds is 11. The number of carbonyl (C=O) groups excluding carboxylic acids is 1. The van der Waals surface area contributed by atoms with Crippen LogP contribution >= 0.6 is 0 Å². The van der Waals surface area contributed by atoms with E-state index in [2.05, 4.69) is 6.58 Å². The van der Waals surface area contributed by atoms with Gasteiger partial charge < -0.3 is 54.3 Å². The third-order valence-corrected chi connectivity index (χ3v) is 6.43. The van der Waals surface area contributed by atoms with Crippen LogP contribution in [-0.4, -0.2) is 99.9 Å². The number of aliphatic hydroxyl groups excluding tert-OH is 4. The van der Waals surface area contributed by atoms with Gasteiger partial charge in [-0.25, -0.2) is 9.59 Å². The Morgan fingerprint density at radius 2 is 1.87 bits per heavy atom. The van der Waals surface area contributed by atoms with Crippen molar-refractivity contribution in [2.24, 2.45) is 11.8 Å². The fraction of sp³-hybridized carbons (Fsp3) is 0.462. The minimum absolute atomic E-state index is 0.0410. The molecule has 3 rings (SSSR count). The highest BCUT2D eigenvalue weighted by atomic mass is 16.8. The van der Waals surface area contributed by atoms with Crippen molar-refractivity contribution in [2.75, 3.05) is 20.3 Å². The van der Waals surface area contributed by atoms with Gasteiger partial charge in [0, 0.05) is 17.9 Å². The molecule has 214 valence electrons. The average Bonchev–Trinajstić information content (AvgIpc) is 2.92. The molecule has 39 heavy (non-hydrogen) atoms. The first-order valence-electron chi connectivity index (χ1n) is 12.0. The van der Waals surface area contributed by atoms with Gasteiger partial charge in [-0.2, -0.15) is 0 Å². The molecular weight excluding hydrogens is 520 g/mol. The van der Waals surface area contributed by atoms with Gasteiger partial charge in [-0.3, -0.25) is 0 Å². The Kier molecular flexibility index (Phi) is 10.5. The summed E-state index contributed by atoms with van der Waals surface area (Å²) in [6, 6.07) is 4.50. The maximum absolute atomic E-state index is 12.2. The molecule has 0 radical (unpaired) electrons. The fourth-order valence-corrected chi connectivity index (χ4v) is 4.28. The van der Waals surface area contributed by atoms with Crippen molar-refractivity contribution < 1.29 is 63.9 Å². The standard InChI is InChI=1S/C26H32O13/c1-3-14-15(8-9-36-20(29)7-5-13-4-6-17(28)18(10-13)35-2)16(24(33)34)12-37-25(14)39-26-23(32)22(31)21(30)19(11-27)38-26/h3-7,10,12,14-15,19,21-23,25-28,30-32H,1,8-9,11H2,2H3,(H,33,34)/b7-5+/t14-,15-,19+,21+,22-,23-,25-,26-/m0/s1. The lowest BCUT2D eigenvalue weighted by Crippen LogP contribution is -2.60. The molecule has 8 atom stereocenters. The molecule has 0 saturated carbocycles. The Morgan fingerprint density at radius 3 is 2.51 bits per heavy atom. The summed E-state index contributed by atoms with van der Waals surface area (Å²) < 4.78 is 26.7. The number of ether oxygens (including phenoxy) is 5. The first-order chi connectivity index (χ1) is 18.6. The van der Waals surface area contributed by atoms with Gasteiger partial charge in [0.25, 0.3) is 0 Å². The maximum atomic E-state index is 12.2. The molecule has 2 aliphatic heterocycles. The lowest BCUT2D eigenvalue weighted by atomic mass is 9.82.